The van der Waals surface area contributed by atoms with Gasteiger partial charge < -0.3 is 55.1 Å². The average Bonchev–Trinajstić information content (AvgIpc) is 2.95. The van der Waals surface area contributed by atoms with E-state index in [-0.39, 0.29) is 6.42 Å². The van der Waals surface area contributed by atoms with Crippen LogP contribution < -0.4 is 0 Å². The third-order valence-electron chi connectivity index (χ3n) is 7.34. The molecule has 1 aliphatic rings. The van der Waals surface area contributed by atoms with Gasteiger partial charge in [0, 0.05) is 6.42 Å². The van der Waals surface area contributed by atoms with Crippen LogP contribution in [0.3, 0.4) is 0 Å². The number of unbranched alkanes of at least 4 members (excludes halogenated alkanes) is 12. The number of esters is 1. The van der Waals surface area contributed by atoms with E-state index in [1.165, 1.54) is 57.8 Å². The highest BCUT2D eigenvalue weighted by Gasteiger charge is 2.46. The van der Waals surface area contributed by atoms with Gasteiger partial charge in [0.2, 0.25) is 0 Å². The molecule has 9 unspecified atom stereocenters. The van der Waals surface area contributed by atoms with Gasteiger partial charge in [-0.25, -0.2) is 0 Å². The normalized spacial score (nSPS) is 26.3. The Kier molecular flexibility index (Phi) is 20.1. The Morgan fingerprint density at radius 2 is 1.27 bits per heavy atom. The van der Waals surface area contributed by atoms with Crippen molar-refractivity contribution in [2.24, 2.45) is 0 Å². The van der Waals surface area contributed by atoms with Crippen LogP contribution in [0.15, 0.2) is 0 Å². The predicted molar refractivity (Wildman–Crippen MR) is 145 cm³/mol. The largest absolute Gasteiger partial charge is 0.463 e. The Morgan fingerprint density at radius 3 is 1.77 bits per heavy atom. The lowest BCUT2D eigenvalue weighted by molar-refractivity contribution is -0.327. The Balaban J connectivity index is 2.31. The summed E-state index contributed by atoms with van der Waals surface area (Å²) in [5.41, 5.74) is 0. The van der Waals surface area contributed by atoms with Crippen LogP contribution in [0.1, 0.15) is 96.8 Å². The van der Waals surface area contributed by atoms with Crippen LogP contribution in [0.5, 0.6) is 0 Å². The molecule has 0 aromatic carbocycles. The molecule has 238 valence electrons. The molecule has 1 rings (SSSR count). The van der Waals surface area contributed by atoms with E-state index >= 15 is 0 Å². The van der Waals surface area contributed by atoms with Crippen LogP contribution in [-0.4, -0.2) is 122 Å². The topological polar surface area (TPSA) is 207 Å². The Labute approximate surface area is 237 Å². The molecule has 8 N–H and O–H groups in total. The maximum absolute atomic E-state index is 12.1. The van der Waals surface area contributed by atoms with Crippen LogP contribution >= 0.6 is 0 Å². The third-order valence-corrected chi connectivity index (χ3v) is 7.34. The number of aliphatic hydroxyl groups excluding tert-OH is 8. The Hall–Kier alpha value is -0.930. The van der Waals surface area contributed by atoms with Gasteiger partial charge in [0.1, 0.15) is 55.4 Å². The van der Waals surface area contributed by atoms with Crippen molar-refractivity contribution < 1.29 is 59.9 Å². The molecule has 0 aromatic rings. The second-order valence-corrected chi connectivity index (χ2v) is 10.8. The maximum Gasteiger partial charge on any atom is 0.305 e. The van der Waals surface area contributed by atoms with E-state index in [0.717, 1.165) is 19.3 Å². The molecule has 0 amide bonds. The number of carbonyl (C=O) groups excluding carboxylic acids is 1. The SMILES string of the molecule is CCCCCCCCCCCCCCCC(=O)OCC(O)C(O)C(OC1OC(CO)C(O)C(O)C1O)C(O)CO. The Bertz CT molecular complexity index is 636. The summed E-state index contributed by atoms with van der Waals surface area (Å²) >= 11 is 0. The first-order valence-corrected chi connectivity index (χ1v) is 14.9. The minimum absolute atomic E-state index is 0.157. The number of hydrogen-bond acceptors (Lipinski definition) is 12. The van der Waals surface area contributed by atoms with Gasteiger partial charge in [0.05, 0.1) is 13.2 Å². The van der Waals surface area contributed by atoms with E-state index in [4.69, 9.17) is 14.2 Å². The second-order valence-electron chi connectivity index (χ2n) is 10.8. The van der Waals surface area contributed by atoms with Crippen molar-refractivity contribution in [3.8, 4) is 0 Å². The van der Waals surface area contributed by atoms with E-state index in [2.05, 4.69) is 6.92 Å². The van der Waals surface area contributed by atoms with Gasteiger partial charge in [-0.3, -0.25) is 4.79 Å². The fourth-order valence-electron chi connectivity index (χ4n) is 4.69. The van der Waals surface area contributed by atoms with Gasteiger partial charge in [-0.05, 0) is 6.42 Å². The van der Waals surface area contributed by atoms with E-state index in [1.54, 1.807) is 0 Å². The quantitative estimate of drug-likeness (QED) is 0.0604. The second kappa shape index (κ2) is 21.7. The third kappa shape index (κ3) is 13.8. The molecule has 0 saturated carbocycles. The van der Waals surface area contributed by atoms with Crippen molar-refractivity contribution in [1.82, 2.24) is 0 Å². The lowest BCUT2D eigenvalue weighted by Gasteiger charge is -2.42. The first kappa shape index (κ1) is 37.1. The summed E-state index contributed by atoms with van der Waals surface area (Å²) in [7, 11) is 0. The van der Waals surface area contributed by atoms with Crippen molar-refractivity contribution in [3.63, 3.8) is 0 Å². The first-order chi connectivity index (χ1) is 19.2. The fraction of sp³-hybridized carbons (Fsp3) is 0.964. The number of ether oxygens (including phenoxy) is 3. The van der Waals surface area contributed by atoms with Crippen LogP contribution in [0.25, 0.3) is 0 Å². The van der Waals surface area contributed by atoms with Gasteiger partial charge in [-0.1, -0.05) is 84.0 Å². The van der Waals surface area contributed by atoms with Gasteiger partial charge in [0.15, 0.2) is 6.29 Å². The van der Waals surface area contributed by atoms with Crippen molar-refractivity contribution >= 4 is 5.97 Å². The van der Waals surface area contributed by atoms with Crippen molar-refractivity contribution in [2.75, 3.05) is 19.8 Å². The molecule has 0 bridgehead atoms. The van der Waals surface area contributed by atoms with Gasteiger partial charge in [0.25, 0.3) is 0 Å². The lowest BCUT2D eigenvalue weighted by atomic mass is 9.98. The highest BCUT2D eigenvalue weighted by atomic mass is 16.7. The molecule has 12 heteroatoms. The zero-order valence-electron chi connectivity index (χ0n) is 23.9. The monoisotopic (exact) mass is 582 g/mol. The van der Waals surface area contributed by atoms with Crippen LogP contribution in [0.2, 0.25) is 0 Å². The van der Waals surface area contributed by atoms with Gasteiger partial charge >= 0.3 is 5.97 Å². The summed E-state index contributed by atoms with van der Waals surface area (Å²) in [4.78, 5) is 12.1. The minimum atomic E-state index is -1.89. The zero-order valence-corrected chi connectivity index (χ0v) is 23.9. The van der Waals surface area contributed by atoms with E-state index in [9.17, 15) is 45.6 Å². The molecule has 0 aliphatic carbocycles. The van der Waals surface area contributed by atoms with Crippen molar-refractivity contribution in [2.45, 2.75) is 152 Å². The summed E-state index contributed by atoms with van der Waals surface area (Å²) in [6.45, 7) is -0.00630. The standard InChI is InChI=1S/C28H54O12/c1-2-3-4-5-6-7-8-9-10-11-12-13-14-15-22(33)38-18-20(32)23(34)27(19(31)16-29)40-28-26(37)25(36)24(35)21(17-30)39-28/h19-21,23-32,34-37H,2-18H2,1H3. The van der Waals surface area contributed by atoms with E-state index < -0.39 is 80.9 Å². The fourth-order valence-corrected chi connectivity index (χ4v) is 4.69. The number of aliphatic hydroxyl groups is 8. The summed E-state index contributed by atoms with van der Waals surface area (Å²) in [6.07, 6.45) is 0.0747. The highest BCUT2D eigenvalue weighted by Crippen LogP contribution is 2.25. The zero-order chi connectivity index (χ0) is 29.9. The van der Waals surface area contributed by atoms with E-state index in [0.29, 0.717) is 6.42 Å². The average molecular weight is 583 g/mol. The molecule has 9 atom stereocenters. The molecule has 12 nitrogen and oxygen atoms in total. The molecule has 1 aliphatic heterocycles. The summed E-state index contributed by atoms with van der Waals surface area (Å²) in [5.74, 6) is -0.552. The lowest BCUT2D eigenvalue weighted by Crippen LogP contribution is -2.61. The van der Waals surface area contributed by atoms with Crippen molar-refractivity contribution in [1.29, 1.82) is 0 Å². The van der Waals surface area contributed by atoms with Gasteiger partial charge in [-0.15, -0.1) is 0 Å². The molecule has 1 saturated heterocycles. The van der Waals surface area contributed by atoms with Crippen molar-refractivity contribution in [3.05, 3.63) is 0 Å². The predicted octanol–water partition coefficient (Wildman–Crippen LogP) is 0.271. The maximum atomic E-state index is 12.1. The molecule has 0 aromatic heterocycles. The molecule has 1 heterocycles. The molecule has 0 radical (unpaired) electrons. The first-order valence-electron chi connectivity index (χ1n) is 14.9. The molecule has 1 fully saturated rings. The van der Waals surface area contributed by atoms with Crippen LogP contribution in [-0.2, 0) is 19.0 Å². The Morgan fingerprint density at radius 1 is 0.750 bits per heavy atom. The summed E-state index contributed by atoms with van der Waals surface area (Å²) in [5, 5.41) is 79.5. The summed E-state index contributed by atoms with van der Waals surface area (Å²) < 4.78 is 15.6. The number of rotatable bonds is 23. The highest BCUT2D eigenvalue weighted by molar-refractivity contribution is 5.69. The summed E-state index contributed by atoms with van der Waals surface area (Å²) in [6, 6.07) is 0. The van der Waals surface area contributed by atoms with E-state index in [1.807, 2.05) is 0 Å². The molecular formula is C28H54O12. The molecular weight excluding hydrogens is 528 g/mol. The minimum Gasteiger partial charge on any atom is -0.463 e. The molecule has 40 heavy (non-hydrogen) atoms. The molecule has 0 spiro atoms. The van der Waals surface area contributed by atoms with Crippen LogP contribution in [0.4, 0.5) is 0 Å². The smallest absolute Gasteiger partial charge is 0.305 e. The van der Waals surface area contributed by atoms with Gasteiger partial charge in [-0.2, -0.15) is 0 Å². The number of carbonyl (C=O) groups is 1. The number of hydrogen-bond donors (Lipinski definition) is 8. The van der Waals surface area contributed by atoms with Crippen LogP contribution in [0, 0.1) is 0 Å².